The molecule has 2 rings (SSSR count). The van der Waals surface area contributed by atoms with Gasteiger partial charge in [0, 0.05) is 41.4 Å². The van der Waals surface area contributed by atoms with Gasteiger partial charge in [-0.05, 0) is 44.9 Å². The summed E-state index contributed by atoms with van der Waals surface area (Å²) in [7, 11) is 1.16. The number of nitrogens with zero attached hydrogens (tertiary/aromatic N) is 1. The summed E-state index contributed by atoms with van der Waals surface area (Å²) in [6.45, 7) is 2.97. The molecule has 0 amide bonds. The van der Waals surface area contributed by atoms with E-state index in [1.807, 2.05) is 14.0 Å². The zero-order chi connectivity index (χ0) is 15.8. The molecule has 0 saturated heterocycles. The Kier molecular flexibility index (Phi) is 7.43. The van der Waals surface area contributed by atoms with Gasteiger partial charge in [0.05, 0.1) is 0 Å². The normalized spacial score (nSPS) is 27.4. The maximum atomic E-state index is 12.0. The first-order chi connectivity index (χ1) is 10.7. The molecule has 0 aromatic heterocycles. The standard InChI is InChI=1S/C17H31N3OS/c1-3-22(21)16-10-6-9-15(13-16)20-17(18-2)19-12-11-14-7-4-5-8-14/h7,15-16H,3-6,8-13H2,1-2H3,(H2,18,19,20). The third-order valence-electron chi connectivity index (χ3n) is 4.72. The van der Waals surface area contributed by atoms with Crippen LogP contribution in [0.5, 0.6) is 0 Å². The second-order valence-corrected chi connectivity index (χ2v) is 8.31. The number of hydrogen-bond donors (Lipinski definition) is 2. The first-order valence-electron chi connectivity index (χ1n) is 8.75. The smallest absolute Gasteiger partial charge is 0.191 e. The summed E-state index contributed by atoms with van der Waals surface area (Å²) in [4.78, 5) is 4.34. The summed E-state index contributed by atoms with van der Waals surface area (Å²) in [6, 6.07) is 0.408. The van der Waals surface area contributed by atoms with E-state index in [2.05, 4.69) is 21.7 Å². The van der Waals surface area contributed by atoms with Crippen molar-refractivity contribution in [1.29, 1.82) is 0 Å². The minimum Gasteiger partial charge on any atom is -0.356 e. The molecule has 0 bridgehead atoms. The van der Waals surface area contributed by atoms with Gasteiger partial charge in [0.25, 0.3) is 0 Å². The molecule has 126 valence electrons. The summed E-state index contributed by atoms with van der Waals surface area (Å²) >= 11 is 0. The quantitative estimate of drug-likeness (QED) is 0.448. The molecular weight excluding hydrogens is 294 g/mol. The molecule has 1 saturated carbocycles. The summed E-state index contributed by atoms with van der Waals surface area (Å²) in [5.74, 6) is 1.67. The molecule has 5 heteroatoms. The van der Waals surface area contributed by atoms with Gasteiger partial charge in [-0.2, -0.15) is 0 Å². The molecular formula is C17H31N3OS. The first-order valence-corrected chi connectivity index (χ1v) is 10.1. The summed E-state index contributed by atoms with van der Waals surface area (Å²) in [5.41, 5.74) is 1.58. The van der Waals surface area contributed by atoms with Gasteiger partial charge < -0.3 is 10.6 Å². The molecule has 2 aliphatic rings. The largest absolute Gasteiger partial charge is 0.356 e. The minimum atomic E-state index is -0.666. The Morgan fingerprint density at radius 3 is 2.95 bits per heavy atom. The third-order valence-corrected chi connectivity index (χ3v) is 6.46. The van der Waals surface area contributed by atoms with Crippen LogP contribution in [0.2, 0.25) is 0 Å². The Morgan fingerprint density at radius 1 is 1.41 bits per heavy atom. The van der Waals surface area contributed by atoms with Crippen molar-refractivity contribution in [3.8, 4) is 0 Å². The van der Waals surface area contributed by atoms with Crippen molar-refractivity contribution < 1.29 is 4.21 Å². The van der Waals surface area contributed by atoms with Crippen molar-refractivity contribution in [2.24, 2.45) is 4.99 Å². The Labute approximate surface area is 137 Å². The molecule has 1 fully saturated rings. The number of guanidine groups is 1. The van der Waals surface area contributed by atoms with Gasteiger partial charge in [0.2, 0.25) is 0 Å². The second-order valence-electron chi connectivity index (χ2n) is 6.30. The molecule has 0 aromatic carbocycles. The fourth-order valence-electron chi connectivity index (χ4n) is 3.44. The molecule has 2 N–H and O–H groups in total. The lowest BCUT2D eigenvalue weighted by Crippen LogP contribution is -2.46. The molecule has 0 aliphatic heterocycles. The van der Waals surface area contributed by atoms with E-state index in [4.69, 9.17) is 0 Å². The lowest BCUT2D eigenvalue weighted by molar-refractivity contribution is 0.413. The predicted molar refractivity (Wildman–Crippen MR) is 95.8 cm³/mol. The van der Waals surface area contributed by atoms with Crippen LogP contribution in [-0.2, 0) is 10.8 Å². The van der Waals surface area contributed by atoms with Crippen LogP contribution in [0.25, 0.3) is 0 Å². The van der Waals surface area contributed by atoms with E-state index >= 15 is 0 Å². The maximum absolute atomic E-state index is 12.0. The number of rotatable bonds is 6. The van der Waals surface area contributed by atoms with Crippen molar-refractivity contribution in [1.82, 2.24) is 10.6 Å². The van der Waals surface area contributed by atoms with E-state index in [0.29, 0.717) is 11.3 Å². The molecule has 0 spiro atoms. The van der Waals surface area contributed by atoms with Crippen LogP contribution in [0.3, 0.4) is 0 Å². The van der Waals surface area contributed by atoms with E-state index in [9.17, 15) is 4.21 Å². The van der Waals surface area contributed by atoms with Crippen LogP contribution >= 0.6 is 0 Å². The zero-order valence-electron chi connectivity index (χ0n) is 14.1. The van der Waals surface area contributed by atoms with Gasteiger partial charge in [-0.25, -0.2) is 0 Å². The van der Waals surface area contributed by atoms with Crippen LogP contribution in [0.15, 0.2) is 16.6 Å². The van der Waals surface area contributed by atoms with Crippen LogP contribution in [-0.4, -0.2) is 40.8 Å². The van der Waals surface area contributed by atoms with Crippen molar-refractivity contribution in [3.63, 3.8) is 0 Å². The van der Waals surface area contributed by atoms with E-state index in [1.54, 1.807) is 5.57 Å². The number of nitrogens with one attached hydrogen (secondary N) is 2. The Hall–Kier alpha value is -0.840. The fourth-order valence-corrected chi connectivity index (χ4v) is 4.79. The van der Waals surface area contributed by atoms with Gasteiger partial charge >= 0.3 is 0 Å². The molecule has 2 aliphatic carbocycles. The highest BCUT2D eigenvalue weighted by Gasteiger charge is 2.25. The highest BCUT2D eigenvalue weighted by molar-refractivity contribution is 7.85. The molecule has 0 heterocycles. The Balaban J connectivity index is 1.73. The topological polar surface area (TPSA) is 53.5 Å². The van der Waals surface area contributed by atoms with Crippen LogP contribution in [0.1, 0.15) is 58.3 Å². The third kappa shape index (κ3) is 5.41. The molecule has 3 unspecified atom stereocenters. The van der Waals surface area contributed by atoms with Crippen LogP contribution in [0, 0.1) is 0 Å². The zero-order valence-corrected chi connectivity index (χ0v) is 14.9. The predicted octanol–water partition coefficient (Wildman–Crippen LogP) is 2.73. The summed E-state index contributed by atoms with van der Waals surface area (Å²) < 4.78 is 12.0. The van der Waals surface area contributed by atoms with E-state index < -0.39 is 10.8 Å². The number of hydrogen-bond acceptors (Lipinski definition) is 2. The van der Waals surface area contributed by atoms with Gasteiger partial charge in [-0.1, -0.05) is 25.0 Å². The number of aliphatic imine (C=N–C) groups is 1. The fraction of sp³-hybridized carbons (Fsp3) is 0.824. The van der Waals surface area contributed by atoms with Gasteiger partial charge in [0.15, 0.2) is 5.96 Å². The summed E-state index contributed by atoms with van der Waals surface area (Å²) in [5, 5.41) is 7.31. The molecule has 0 aromatic rings. The van der Waals surface area contributed by atoms with Crippen molar-refractivity contribution >= 4 is 16.8 Å². The molecule has 0 radical (unpaired) electrons. The minimum absolute atomic E-state index is 0.359. The van der Waals surface area contributed by atoms with Crippen LogP contribution < -0.4 is 10.6 Å². The average Bonchev–Trinajstić information content (AvgIpc) is 3.06. The second kappa shape index (κ2) is 9.33. The number of allylic oxidation sites excluding steroid dienone is 1. The highest BCUT2D eigenvalue weighted by atomic mass is 32.2. The van der Waals surface area contributed by atoms with Gasteiger partial charge in [0.1, 0.15) is 0 Å². The van der Waals surface area contributed by atoms with Gasteiger partial charge in [-0.15, -0.1) is 0 Å². The van der Waals surface area contributed by atoms with Gasteiger partial charge in [-0.3, -0.25) is 9.20 Å². The van der Waals surface area contributed by atoms with Crippen molar-refractivity contribution in [2.75, 3.05) is 19.3 Å². The van der Waals surface area contributed by atoms with E-state index in [1.165, 1.54) is 19.3 Å². The van der Waals surface area contributed by atoms with E-state index in [0.717, 1.165) is 50.4 Å². The molecule has 3 atom stereocenters. The SMILES string of the molecule is CCS(=O)C1CCCC(NC(=NC)NCCC2=CCCC2)C1. The monoisotopic (exact) mass is 325 g/mol. The average molecular weight is 326 g/mol. The molecule has 4 nitrogen and oxygen atoms in total. The maximum Gasteiger partial charge on any atom is 0.191 e. The van der Waals surface area contributed by atoms with E-state index in [-0.39, 0.29) is 0 Å². The lowest BCUT2D eigenvalue weighted by Gasteiger charge is -2.30. The Morgan fingerprint density at radius 2 is 2.27 bits per heavy atom. The lowest BCUT2D eigenvalue weighted by atomic mass is 9.95. The van der Waals surface area contributed by atoms with Crippen molar-refractivity contribution in [2.45, 2.75) is 69.6 Å². The van der Waals surface area contributed by atoms with Crippen molar-refractivity contribution in [3.05, 3.63) is 11.6 Å². The Bertz CT molecular complexity index is 434. The highest BCUT2D eigenvalue weighted by Crippen LogP contribution is 2.23. The molecule has 22 heavy (non-hydrogen) atoms. The van der Waals surface area contributed by atoms with Crippen LogP contribution in [0.4, 0.5) is 0 Å². The first kappa shape index (κ1) is 17.5. The summed E-state index contributed by atoms with van der Waals surface area (Å²) in [6.07, 6.45) is 11.8.